The average molecular weight is 366 g/mol. The van der Waals surface area contributed by atoms with Gasteiger partial charge in [-0.3, -0.25) is 9.69 Å². The molecular weight excluding hydrogens is 343 g/mol. The number of hydrogen-bond donors (Lipinski definition) is 1. The Morgan fingerprint density at radius 1 is 1.11 bits per heavy atom. The van der Waals surface area contributed by atoms with Gasteiger partial charge in [-0.1, -0.05) is 30.3 Å². The van der Waals surface area contributed by atoms with Crippen molar-refractivity contribution in [2.24, 2.45) is 0 Å². The predicted octanol–water partition coefficient (Wildman–Crippen LogP) is 4.45. The lowest BCUT2D eigenvalue weighted by Gasteiger charge is -2.24. The van der Waals surface area contributed by atoms with Crippen molar-refractivity contribution in [3.8, 4) is 5.75 Å². The van der Waals surface area contributed by atoms with E-state index in [0.717, 1.165) is 22.1 Å². The first-order chi connectivity index (χ1) is 13.0. The Hall–Kier alpha value is -2.92. The first-order valence-electron chi connectivity index (χ1n) is 8.80. The highest BCUT2D eigenvalue weighted by atomic mass is 19.1. The monoisotopic (exact) mass is 366 g/mol. The summed E-state index contributed by atoms with van der Waals surface area (Å²) in [7, 11) is 3.53. The van der Waals surface area contributed by atoms with E-state index < -0.39 is 11.9 Å². The lowest BCUT2D eigenvalue weighted by molar-refractivity contribution is -0.120. The third kappa shape index (κ3) is 4.44. The van der Waals surface area contributed by atoms with Crippen LogP contribution in [0.4, 0.5) is 10.1 Å². The molecule has 0 fully saturated rings. The number of rotatable bonds is 6. The molecule has 3 aromatic rings. The topological polar surface area (TPSA) is 41.6 Å². The number of carbonyl (C=O) groups is 1. The maximum atomic E-state index is 13.7. The van der Waals surface area contributed by atoms with Gasteiger partial charge in [0.2, 0.25) is 5.91 Å². The van der Waals surface area contributed by atoms with E-state index in [1.165, 1.54) is 6.07 Å². The Kier molecular flexibility index (Phi) is 5.72. The molecule has 5 heteroatoms. The van der Waals surface area contributed by atoms with Crippen LogP contribution in [0.3, 0.4) is 0 Å². The highest BCUT2D eigenvalue weighted by Crippen LogP contribution is 2.22. The summed E-state index contributed by atoms with van der Waals surface area (Å²) >= 11 is 0. The van der Waals surface area contributed by atoms with Gasteiger partial charge in [-0.2, -0.15) is 0 Å². The van der Waals surface area contributed by atoms with Crippen LogP contribution in [0.5, 0.6) is 5.75 Å². The molecule has 0 saturated heterocycles. The average Bonchev–Trinajstić information content (AvgIpc) is 2.68. The molecule has 0 heterocycles. The smallest absolute Gasteiger partial charge is 0.241 e. The van der Waals surface area contributed by atoms with Crippen LogP contribution >= 0.6 is 0 Å². The molecular formula is C22H23FN2O2. The van der Waals surface area contributed by atoms with Crippen LogP contribution in [-0.2, 0) is 11.3 Å². The third-order valence-corrected chi connectivity index (χ3v) is 4.72. The van der Waals surface area contributed by atoms with Crippen molar-refractivity contribution < 1.29 is 13.9 Å². The van der Waals surface area contributed by atoms with Gasteiger partial charge in [0, 0.05) is 6.54 Å². The summed E-state index contributed by atoms with van der Waals surface area (Å²) in [5, 5.41) is 4.87. The van der Waals surface area contributed by atoms with Gasteiger partial charge in [-0.25, -0.2) is 4.39 Å². The van der Waals surface area contributed by atoms with Gasteiger partial charge in [0.25, 0.3) is 0 Å². The van der Waals surface area contributed by atoms with Gasteiger partial charge < -0.3 is 10.1 Å². The Morgan fingerprint density at radius 2 is 1.81 bits per heavy atom. The number of benzene rings is 3. The minimum atomic E-state index is -0.439. The number of amides is 1. The Morgan fingerprint density at radius 3 is 2.56 bits per heavy atom. The second kappa shape index (κ2) is 8.18. The molecule has 0 unspecified atom stereocenters. The molecule has 1 amide bonds. The van der Waals surface area contributed by atoms with Crippen LogP contribution in [-0.4, -0.2) is 31.0 Å². The maximum Gasteiger partial charge on any atom is 0.241 e. The van der Waals surface area contributed by atoms with Crippen LogP contribution in [0.25, 0.3) is 10.8 Å². The highest BCUT2D eigenvalue weighted by molar-refractivity contribution is 5.94. The number of halogens is 1. The molecule has 0 aliphatic heterocycles. The molecule has 0 radical (unpaired) electrons. The number of fused-ring (bicyclic) bond motifs is 1. The van der Waals surface area contributed by atoms with E-state index in [1.807, 2.05) is 49.2 Å². The summed E-state index contributed by atoms with van der Waals surface area (Å²) < 4.78 is 19.0. The molecule has 3 aromatic carbocycles. The van der Waals surface area contributed by atoms with Crippen molar-refractivity contribution in [1.29, 1.82) is 0 Å². The number of anilines is 1. The second-order valence-electron chi connectivity index (χ2n) is 6.61. The number of ether oxygens (including phenoxy) is 1. The summed E-state index contributed by atoms with van der Waals surface area (Å²) in [6, 6.07) is 17.9. The fourth-order valence-electron chi connectivity index (χ4n) is 2.92. The van der Waals surface area contributed by atoms with E-state index in [0.29, 0.717) is 6.54 Å². The fraction of sp³-hybridized carbons (Fsp3) is 0.227. The first-order valence-corrected chi connectivity index (χ1v) is 8.80. The molecule has 0 aliphatic carbocycles. The molecule has 0 aromatic heterocycles. The molecule has 0 bridgehead atoms. The Labute approximate surface area is 158 Å². The van der Waals surface area contributed by atoms with Crippen molar-refractivity contribution in [3.63, 3.8) is 0 Å². The Balaban J connectivity index is 1.68. The van der Waals surface area contributed by atoms with E-state index in [-0.39, 0.29) is 11.6 Å². The van der Waals surface area contributed by atoms with Gasteiger partial charge in [0.05, 0.1) is 18.8 Å². The van der Waals surface area contributed by atoms with E-state index in [1.54, 1.807) is 25.3 Å². The number of hydrogen-bond acceptors (Lipinski definition) is 3. The van der Waals surface area contributed by atoms with Gasteiger partial charge in [0.1, 0.15) is 11.6 Å². The van der Waals surface area contributed by atoms with E-state index >= 15 is 0 Å². The number of para-hydroxylation sites is 1. The number of nitrogens with zero attached hydrogens (tertiary/aromatic N) is 1. The number of likely N-dealkylation sites (N-methyl/N-ethyl adjacent to an activating group) is 1. The molecule has 1 atom stereocenters. The first kappa shape index (κ1) is 18.9. The van der Waals surface area contributed by atoms with Gasteiger partial charge in [-0.05, 0) is 60.6 Å². The second-order valence-corrected chi connectivity index (χ2v) is 6.61. The van der Waals surface area contributed by atoms with Gasteiger partial charge >= 0.3 is 0 Å². The van der Waals surface area contributed by atoms with E-state index in [9.17, 15) is 9.18 Å². The van der Waals surface area contributed by atoms with Crippen LogP contribution < -0.4 is 10.1 Å². The lowest BCUT2D eigenvalue weighted by atomic mass is 10.1. The molecule has 3 rings (SSSR count). The molecule has 0 spiro atoms. The molecule has 27 heavy (non-hydrogen) atoms. The molecule has 1 N–H and O–H groups in total. The van der Waals surface area contributed by atoms with Crippen LogP contribution in [0.2, 0.25) is 0 Å². The summed E-state index contributed by atoms with van der Waals surface area (Å²) in [4.78, 5) is 14.4. The standard InChI is InChI=1S/C22H23FN2O2/c1-15(22(26)24-21-7-5-4-6-20(21)23)25(2)14-16-8-9-18-13-19(27-3)11-10-17(18)12-16/h4-13,15H,14H2,1-3H3,(H,24,26)/t15-/m1/s1. The zero-order valence-corrected chi connectivity index (χ0v) is 15.7. The van der Waals surface area contributed by atoms with E-state index in [4.69, 9.17) is 4.74 Å². The van der Waals surface area contributed by atoms with Crippen LogP contribution in [0.1, 0.15) is 12.5 Å². The Bertz CT molecular complexity index is 958. The zero-order valence-electron chi connectivity index (χ0n) is 15.7. The molecule has 4 nitrogen and oxygen atoms in total. The number of carbonyl (C=O) groups excluding carboxylic acids is 1. The summed E-state index contributed by atoms with van der Waals surface area (Å²) in [6.45, 7) is 2.41. The summed E-state index contributed by atoms with van der Waals surface area (Å²) in [6.07, 6.45) is 0. The molecule has 0 saturated carbocycles. The van der Waals surface area contributed by atoms with Crippen LogP contribution in [0.15, 0.2) is 60.7 Å². The number of nitrogens with one attached hydrogen (secondary N) is 1. The third-order valence-electron chi connectivity index (χ3n) is 4.72. The SMILES string of the molecule is COc1ccc2cc(CN(C)[C@H](C)C(=O)Nc3ccccc3F)ccc2c1. The summed E-state index contributed by atoms with van der Waals surface area (Å²) in [5.41, 5.74) is 1.29. The van der Waals surface area contributed by atoms with Crippen molar-refractivity contribution >= 4 is 22.4 Å². The quantitative estimate of drug-likeness (QED) is 0.701. The van der Waals surface area contributed by atoms with Crippen molar-refractivity contribution in [1.82, 2.24) is 4.90 Å². The zero-order chi connectivity index (χ0) is 19.4. The van der Waals surface area contributed by atoms with Gasteiger partial charge in [0.15, 0.2) is 0 Å². The normalized spacial score (nSPS) is 12.2. The fourth-order valence-corrected chi connectivity index (χ4v) is 2.92. The number of methoxy groups -OCH3 is 1. The highest BCUT2D eigenvalue weighted by Gasteiger charge is 2.19. The minimum Gasteiger partial charge on any atom is -0.497 e. The molecule has 140 valence electrons. The van der Waals surface area contributed by atoms with Crippen molar-refractivity contribution in [2.75, 3.05) is 19.5 Å². The predicted molar refractivity (Wildman–Crippen MR) is 106 cm³/mol. The van der Waals surface area contributed by atoms with E-state index in [2.05, 4.69) is 11.4 Å². The largest absolute Gasteiger partial charge is 0.497 e. The van der Waals surface area contributed by atoms with Crippen molar-refractivity contribution in [3.05, 3.63) is 72.0 Å². The lowest BCUT2D eigenvalue weighted by Crippen LogP contribution is -2.39. The van der Waals surface area contributed by atoms with Gasteiger partial charge in [-0.15, -0.1) is 0 Å². The van der Waals surface area contributed by atoms with Crippen molar-refractivity contribution in [2.45, 2.75) is 19.5 Å². The maximum absolute atomic E-state index is 13.7. The van der Waals surface area contributed by atoms with Crippen LogP contribution in [0, 0.1) is 5.82 Å². The molecule has 0 aliphatic rings. The summed E-state index contributed by atoms with van der Waals surface area (Å²) in [5.74, 6) is 0.143. The minimum absolute atomic E-state index is 0.197.